The second-order valence-corrected chi connectivity index (χ2v) is 7.86. The first-order valence-electron chi connectivity index (χ1n) is 10.9. The first-order chi connectivity index (χ1) is 17.7. The summed E-state index contributed by atoms with van der Waals surface area (Å²) in [7, 11) is 1.21. The van der Waals surface area contributed by atoms with Crippen molar-refractivity contribution in [1.29, 1.82) is 0 Å². The van der Waals surface area contributed by atoms with E-state index >= 15 is 0 Å². The number of ether oxygens (including phenoxy) is 1. The van der Waals surface area contributed by atoms with Crippen molar-refractivity contribution in [3.05, 3.63) is 99.9 Å². The number of carbonyl (C=O) groups excluding carboxylic acids is 4. The third kappa shape index (κ3) is 4.85. The lowest BCUT2D eigenvalue weighted by Crippen LogP contribution is -2.54. The number of anilines is 1. The van der Waals surface area contributed by atoms with Crippen LogP contribution in [-0.4, -0.2) is 46.7 Å². The number of nitrogens with zero attached hydrogens (tertiary/aromatic N) is 3. The zero-order valence-electron chi connectivity index (χ0n) is 19.3. The van der Waals surface area contributed by atoms with Crippen molar-refractivity contribution in [2.24, 2.45) is 0 Å². The van der Waals surface area contributed by atoms with Gasteiger partial charge in [-0.1, -0.05) is 30.3 Å². The van der Waals surface area contributed by atoms with E-state index in [9.17, 15) is 33.7 Å². The smallest absolute Gasteiger partial charge is 0.273 e. The number of rotatable bonds is 6. The van der Waals surface area contributed by atoms with E-state index in [-0.39, 0.29) is 28.3 Å². The van der Waals surface area contributed by atoms with Crippen LogP contribution in [0.15, 0.2) is 72.8 Å². The van der Waals surface area contributed by atoms with Gasteiger partial charge < -0.3 is 4.74 Å². The van der Waals surface area contributed by atoms with Crippen molar-refractivity contribution >= 4 is 35.0 Å². The van der Waals surface area contributed by atoms with Gasteiger partial charge in [0.05, 0.1) is 35.8 Å². The van der Waals surface area contributed by atoms with E-state index in [0.29, 0.717) is 5.01 Å². The third-order valence-electron chi connectivity index (χ3n) is 5.63. The standard InChI is InChI=1S/C25H19FN4O7/c1-37-21-13-16(30(35)36)11-12-19(21)28-22(31)14-20(25(28)34)29(24(33)15-7-3-2-4-8-15)27-23(32)17-9-5-6-10-18(17)26/h2-13,20H,14H2,1H3,(H,27,32). The molecule has 37 heavy (non-hydrogen) atoms. The Bertz CT molecular complexity index is 1410. The molecular weight excluding hydrogens is 487 g/mol. The molecule has 1 aliphatic rings. The first-order valence-corrected chi connectivity index (χ1v) is 10.9. The number of nitro groups is 1. The summed E-state index contributed by atoms with van der Waals surface area (Å²) in [5.41, 5.74) is 1.60. The zero-order chi connectivity index (χ0) is 26.7. The Labute approximate surface area is 209 Å². The van der Waals surface area contributed by atoms with Crippen molar-refractivity contribution in [2.75, 3.05) is 12.0 Å². The predicted molar refractivity (Wildman–Crippen MR) is 127 cm³/mol. The van der Waals surface area contributed by atoms with Crippen LogP contribution in [0.1, 0.15) is 27.1 Å². The van der Waals surface area contributed by atoms with Crippen LogP contribution in [0.3, 0.4) is 0 Å². The topological polar surface area (TPSA) is 139 Å². The maximum Gasteiger partial charge on any atom is 0.273 e. The highest BCUT2D eigenvalue weighted by Crippen LogP contribution is 2.36. The number of hydrogen-bond acceptors (Lipinski definition) is 7. The third-order valence-corrected chi connectivity index (χ3v) is 5.63. The van der Waals surface area contributed by atoms with E-state index < -0.39 is 46.8 Å². The summed E-state index contributed by atoms with van der Waals surface area (Å²) < 4.78 is 19.4. The maximum absolute atomic E-state index is 14.2. The van der Waals surface area contributed by atoms with Crippen LogP contribution in [0.4, 0.5) is 15.8 Å². The molecule has 1 saturated heterocycles. The fourth-order valence-electron chi connectivity index (χ4n) is 3.84. The molecule has 188 valence electrons. The Morgan fingerprint density at radius 1 is 1.08 bits per heavy atom. The van der Waals surface area contributed by atoms with Gasteiger partial charge >= 0.3 is 0 Å². The number of nitro benzene ring substituents is 1. The van der Waals surface area contributed by atoms with Crippen LogP contribution < -0.4 is 15.1 Å². The van der Waals surface area contributed by atoms with Gasteiger partial charge in [-0.05, 0) is 30.3 Å². The van der Waals surface area contributed by atoms with E-state index in [0.717, 1.165) is 23.1 Å². The molecule has 1 atom stereocenters. The lowest BCUT2D eigenvalue weighted by Gasteiger charge is -2.28. The van der Waals surface area contributed by atoms with E-state index in [2.05, 4.69) is 5.43 Å². The Balaban J connectivity index is 1.71. The second kappa shape index (κ2) is 10.2. The molecule has 3 aromatic rings. The van der Waals surface area contributed by atoms with E-state index in [1.54, 1.807) is 18.2 Å². The van der Waals surface area contributed by atoms with Gasteiger partial charge in [-0.25, -0.2) is 14.3 Å². The minimum absolute atomic E-state index is 0.0712. The molecule has 1 unspecified atom stereocenters. The van der Waals surface area contributed by atoms with Gasteiger partial charge in [-0.2, -0.15) is 0 Å². The van der Waals surface area contributed by atoms with Crippen LogP contribution >= 0.6 is 0 Å². The molecule has 0 spiro atoms. The summed E-state index contributed by atoms with van der Waals surface area (Å²) in [5, 5.41) is 11.8. The Morgan fingerprint density at radius 2 is 1.76 bits per heavy atom. The number of methoxy groups -OCH3 is 1. The minimum Gasteiger partial charge on any atom is -0.494 e. The quantitative estimate of drug-likeness (QED) is 0.308. The molecule has 12 heteroatoms. The van der Waals surface area contributed by atoms with Crippen LogP contribution in [-0.2, 0) is 9.59 Å². The number of amides is 4. The molecule has 4 rings (SSSR count). The molecule has 1 fully saturated rings. The van der Waals surface area contributed by atoms with Gasteiger partial charge in [0.15, 0.2) is 0 Å². The van der Waals surface area contributed by atoms with Gasteiger partial charge in [-0.3, -0.25) is 34.7 Å². The molecule has 0 aliphatic carbocycles. The number of hydrazine groups is 1. The van der Waals surface area contributed by atoms with Crippen LogP contribution in [0, 0.1) is 15.9 Å². The highest BCUT2D eigenvalue weighted by Gasteiger charge is 2.46. The summed E-state index contributed by atoms with van der Waals surface area (Å²) in [6, 6.07) is 14.6. The molecule has 1 N–H and O–H groups in total. The molecule has 1 aliphatic heterocycles. The molecule has 0 radical (unpaired) electrons. The van der Waals surface area contributed by atoms with Crippen molar-refractivity contribution in [2.45, 2.75) is 12.5 Å². The van der Waals surface area contributed by atoms with E-state index in [4.69, 9.17) is 4.74 Å². The fourth-order valence-corrected chi connectivity index (χ4v) is 3.84. The second-order valence-electron chi connectivity index (χ2n) is 7.86. The minimum atomic E-state index is -1.49. The molecule has 4 amide bonds. The average Bonchev–Trinajstić information content (AvgIpc) is 3.20. The Kier molecular flexibility index (Phi) is 6.91. The lowest BCUT2D eigenvalue weighted by atomic mass is 10.1. The predicted octanol–water partition coefficient (Wildman–Crippen LogP) is 2.86. The van der Waals surface area contributed by atoms with Gasteiger partial charge in [0.1, 0.15) is 17.6 Å². The van der Waals surface area contributed by atoms with Crippen molar-refractivity contribution in [1.82, 2.24) is 10.4 Å². The monoisotopic (exact) mass is 506 g/mol. The van der Waals surface area contributed by atoms with Gasteiger partial charge in [-0.15, -0.1) is 0 Å². The number of halogens is 1. The molecule has 0 aromatic heterocycles. The van der Waals surface area contributed by atoms with Crippen LogP contribution in [0.5, 0.6) is 5.75 Å². The van der Waals surface area contributed by atoms with Crippen LogP contribution in [0.2, 0.25) is 0 Å². The summed E-state index contributed by atoms with van der Waals surface area (Å²) in [5.74, 6) is -4.42. The molecule has 1 heterocycles. The first kappa shape index (κ1) is 25.0. The van der Waals surface area contributed by atoms with Crippen molar-refractivity contribution < 1.29 is 33.2 Å². The SMILES string of the molecule is COc1cc([N+](=O)[O-])ccc1N1C(=O)CC(N(NC(=O)c2ccccc2F)C(=O)c2ccccc2)C1=O. The Hall–Kier alpha value is -5.13. The highest BCUT2D eigenvalue weighted by atomic mass is 19.1. The van der Waals surface area contributed by atoms with Crippen molar-refractivity contribution in [3.8, 4) is 5.75 Å². The van der Waals surface area contributed by atoms with Crippen LogP contribution in [0.25, 0.3) is 0 Å². The average molecular weight is 506 g/mol. The lowest BCUT2D eigenvalue weighted by molar-refractivity contribution is -0.384. The van der Waals surface area contributed by atoms with E-state index in [1.165, 1.54) is 43.5 Å². The largest absolute Gasteiger partial charge is 0.494 e. The highest BCUT2D eigenvalue weighted by molar-refractivity contribution is 6.24. The molecule has 11 nitrogen and oxygen atoms in total. The number of carbonyl (C=O) groups is 4. The normalized spacial score (nSPS) is 14.9. The van der Waals surface area contributed by atoms with Crippen molar-refractivity contribution in [3.63, 3.8) is 0 Å². The maximum atomic E-state index is 14.2. The van der Waals surface area contributed by atoms with Gasteiger partial charge in [0.25, 0.3) is 23.4 Å². The summed E-state index contributed by atoms with van der Waals surface area (Å²) >= 11 is 0. The number of benzene rings is 3. The van der Waals surface area contributed by atoms with Gasteiger partial charge in [0.2, 0.25) is 5.91 Å². The Morgan fingerprint density at radius 3 is 2.41 bits per heavy atom. The summed E-state index contributed by atoms with van der Waals surface area (Å²) in [6.45, 7) is 0. The summed E-state index contributed by atoms with van der Waals surface area (Å²) in [6.07, 6.45) is -0.519. The molecule has 3 aromatic carbocycles. The van der Waals surface area contributed by atoms with Gasteiger partial charge in [0, 0.05) is 11.6 Å². The number of hydrogen-bond donors (Lipinski definition) is 1. The summed E-state index contributed by atoms with van der Waals surface area (Å²) in [4.78, 5) is 63.8. The number of nitrogens with one attached hydrogen (secondary N) is 1. The molecule has 0 bridgehead atoms. The zero-order valence-corrected chi connectivity index (χ0v) is 19.3. The van der Waals surface area contributed by atoms with E-state index in [1.807, 2.05) is 0 Å². The molecule has 0 saturated carbocycles. The fraction of sp³-hybridized carbons (Fsp3) is 0.120. The molecular formula is C25H19FN4O7. The number of non-ortho nitro benzene ring substituents is 1. The number of imide groups is 1.